The van der Waals surface area contributed by atoms with Crippen LogP contribution in [0.5, 0.6) is 11.5 Å². The molecule has 0 unspecified atom stereocenters. The number of phenols is 1. The first kappa shape index (κ1) is 16.0. The standard InChI is InChI=1S/C16H15N5O2S/c1-2-23-14-9-11(3-4-13(14)22)10-18-21-15(19-20-16(21)24)12-5-7-17-8-6-12/h3-10,22H,2H2,1H3,(H,20,24)/b18-10+. The van der Waals surface area contributed by atoms with E-state index >= 15 is 0 Å². The van der Waals surface area contributed by atoms with Crippen molar-refractivity contribution in [2.45, 2.75) is 12.1 Å². The topological polar surface area (TPSA) is 85.4 Å². The molecule has 0 aliphatic rings. The van der Waals surface area contributed by atoms with Gasteiger partial charge in [0.2, 0.25) is 5.16 Å². The Morgan fingerprint density at radius 3 is 2.79 bits per heavy atom. The minimum Gasteiger partial charge on any atom is -0.504 e. The molecule has 24 heavy (non-hydrogen) atoms. The van der Waals surface area contributed by atoms with Crippen molar-refractivity contribution in [1.29, 1.82) is 0 Å². The van der Waals surface area contributed by atoms with E-state index in [-0.39, 0.29) is 5.75 Å². The predicted octanol–water partition coefficient (Wildman–Crippen LogP) is 2.62. The number of thiol groups is 1. The Bertz CT molecular complexity index is 864. The van der Waals surface area contributed by atoms with Gasteiger partial charge in [-0.15, -0.1) is 22.8 Å². The number of aromatic nitrogens is 4. The van der Waals surface area contributed by atoms with Gasteiger partial charge in [0.05, 0.1) is 12.8 Å². The second-order valence-corrected chi connectivity index (χ2v) is 5.18. The Morgan fingerprint density at radius 2 is 2.04 bits per heavy atom. The van der Waals surface area contributed by atoms with Crippen LogP contribution in [-0.4, -0.2) is 37.8 Å². The Hall–Kier alpha value is -2.87. The second kappa shape index (κ2) is 7.14. The zero-order chi connectivity index (χ0) is 16.9. The number of nitrogens with zero attached hydrogens (tertiary/aromatic N) is 5. The molecule has 8 heteroatoms. The van der Waals surface area contributed by atoms with Crippen molar-refractivity contribution in [1.82, 2.24) is 19.9 Å². The lowest BCUT2D eigenvalue weighted by atomic mass is 10.2. The summed E-state index contributed by atoms with van der Waals surface area (Å²) < 4.78 is 6.89. The van der Waals surface area contributed by atoms with Crippen LogP contribution in [0, 0.1) is 0 Å². The maximum atomic E-state index is 9.74. The zero-order valence-corrected chi connectivity index (χ0v) is 13.8. The highest BCUT2D eigenvalue weighted by atomic mass is 32.1. The average molecular weight is 341 g/mol. The normalized spacial score (nSPS) is 11.1. The first-order valence-electron chi connectivity index (χ1n) is 7.24. The van der Waals surface area contributed by atoms with Crippen LogP contribution in [0.15, 0.2) is 53.0 Å². The molecule has 0 radical (unpaired) electrons. The third-order valence-corrected chi connectivity index (χ3v) is 3.45. The molecule has 1 N–H and O–H groups in total. The van der Waals surface area contributed by atoms with Crippen LogP contribution >= 0.6 is 12.6 Å². The zero-order valence-electron chi connectivity index (χ0n) is 12.9. The summed E-state index contributed by atoms with van der Waals surface area (Å²) in [6, 6.07) is 8.63. The number of phenolic OH excluding ortho intramolecular Hbond substituents is 1. The lowest BCUT2D eigenvalue weighted by Gasteiger charge is -2.06. The van der Waals surface area contributed by atoms with Gasteiger partial charge in [-0.05, 0) is 42.8 Å². The summed E-state index contributed by atoms with van der Waals surface area (Å²) >= 11 is 4.28. The number of aromatic hydroxyl groups is 1. The van der Waals surface area contributed by atoms with Crippen LogP contribution < -0.4 is 4.74 Å². The summed E-state index contributed by atoms with van der Waals surface area (Å²) in [5.41, 5.74) is 1.59. The van der Waals surface area contributed by atoms with Gasteiger partial charge in [0.25, 0.3) is 0 Å². The first-order chi connectivity index (χ1) is 11.7. The van der Waals surface area contributed by atoms with Gasteiger partial charge < -0.3 is 9.84 Å². The van der Waals surface area contributed by atoms with Gasteiger partial charge in [0.1, 0.15) is 0 Å². The van der Waals surface area contributed by atoms with Crippen LogP contribution in [0.25, 0.3) is 11.4 Å². The van der Waals surface area contributed by atoms with E-state index in [1.54, 1.807) is 36.8 Å². The molecule has 0 amide bonds. The molecule has 0 aliphatic carbocycles. The lowest BCUT2D eigenvalue weighted by molar-refractivity contribution is 0.318. The van der Waals surface area contributed by atoms with Crippen molar-refractivity contribution in [3.05, 3.63) is 48.3 Å². The van der Waals surface area contributed by atoms with Crippen molar-refractivity contribution < 1.29 is 9.84 Å². The maximum Gasteiger partial charge on any atom is 0.209 e. The van der Waals surface area contributed by atoms with Crippen LogP contribution in [0.4, 0.5) is 0 Å². The summed E-state index contributed by atoms with van der Waals surface area (Å²) in [5, 5.41) is 22.5. The molecule has 7 nitrogen and oxygen atoms in total. The fraction of sp³-hybridized carbons (Fsp3) is 0.125. The SMILES string of the molecule is CCOc1cc(/C=N/n2c(S)nnc2-c2ccncc2)ccc1O. The third-order valence-electron chi connectivity index (χ3n) is 3.17. The number of rotatable bonds is 5. The predicted molar refractivity (Wildman–Crippen MR) is 92.8 cm³/mol. The van der Waals surface area contributed by atoms with Crippen molar-refractivity contribution in [2.75, 3.05) is 6.61 Å². The lowest BCUT2D eigenvalue weighted by Crippen LogP contribution is -1.97. The van der Waals surface area contributed by atoms with E-state index in [9.17, 15) is 5.11 Å². The molecule has 3 aromatic rings. The first-order valence-corrected chi connectivity index (χ1v) is 7.68. The van der Waals surface area contributed by atoms with Gasteiger partial charge in [-0.3, -0.25) is 4.98 Å². The van der Waals surface area contributed by atoms with Gasteiger partial charge in [-0.2, -0.15) is 9.78 Å². The molecule has 0 aliphatic heterocycles. The van der Waals surface area contributed by atoms with E-state index in [1.807, 2.05) is 19.1 Å². The number of hydrogen-bond acceptors (Lipinski definition) is 7. The third kappa shape index (κ3) is 3.38. The summed E-state index contributed by atoms with van der Waals surface area (Å²) in [4.78, 5) is 3.98. The highest BCUT2D eigenvalue weighted by Crippen LogP contribution is 2.26. The van der Waals surface area contributed by atoms with E-state index in [0.717, 1.165) is 11.1 Å². The van der Waals surface area contributed by atoms with Gasteiger partial charge in [0, 0.05) is 18.0 Å². The van der Waals surface area contributed by atoms with Crippen molar-refractivity contribution in [2.24, 2.45) is 5.10 Å². The molecule has 0 fully saturated rings. The van der Waals surface area contributed by atoms with Crippen molar-refractivity contribution in [3.8, 4) is 22.9 Å². The van der Waals surface area contributed by atoms with E-state index in [1.165, 1.54) is 4.68 Å². The second-order valence-electron chi connectivity index (χ2n) is 4.78. The monoisotopic (exact) mass is 341 g/mol. The molecule has 1 aromatic carbocycles. The average Bonchev–Trinajstić information content (AvgIpc) is 2.97. The van der Waals surface area contributed by atoms with E-state index in [4.69, 9.17) is 4.74 Å². The summed E-state index contributed by atoms with van der Waals surface area (Å²) in [6.45, 7) is 2.32. The molecule has 3 rings (SSSR count). The minimum atomic E-state index is 0.0886. The number of benzene rings is 1. The highest BCUT2D eigenvalue weighted by Gasteiger charge is 2.10. The molecule has 0 spiro atoms. The Balaban J connectivity index is 1.93. The largest absolute Gasteiger partial charge is 0.504 e. The molecular weight excluding hydrogens is 326 g/mol. The molecule has 122 valence electrons. The number of ether oxygens (including phenoxy) is 1. The summed E-state index contributed by atoms with van der Waals surface area (Å²) in [6.07, 6.45) is 4.96. The molecule has 0 bridgehead atoms. The molecule has 2 heterocycles. The fourth-order valence-electron chi connectivity index (χ4n) is 2.07. The molecule has 2 aromatic heterocycles. The van der Waals surface area contributed by atoms with Crippen LogP contribution in [0.3, 0.4) is 0 Å². The Kier molecular flexibility index (Phi) is 4.76. The number of hydrogen-bond donors (Lipinski definition) is 2. The molecule has 0 saturated heterocycles. The van der Waals surface area contributed by atoms with E-state index in [0.29, 0.717) is 23.3 Å². The summed E-state index contributed by atoms with van der Waals surface area (Å²) in [7, 11) is 0. The molecular formula is C16H15N5O2S. The number of pyridine rings is 1. The smallest absolute Gasteiger partial charge is 0.209 e. The van der Waals surface area contributed by atoms with Gasteiger partial charge >= 0.3 is 0 Å². The highest BCUT2D eigenvalue weighted by molar-refractivity contribution is 7.80. The molecule has 0 atom stereocenters. The van der Waals surface area contributed by atoms with Crippen LogP contribution in [-0.2, 0) is 0 Å². The van der Waals surface area contributed by atoms with Crippen LogP contribution in [0.2, 0.25) is 0 Å². The Morgan fingerprint density at radius 1 is 1.25 bits per heavy atom. The molecule has 0 saturated carbocycles. The van der Waals surface area contributed by atoms with Crippen molar-refractivity contribution >= 4 is 18.8 Å². The quantitative estimate of drug-likeness (QED) is 0.550. The van der Waals surface area contributed by atoms with Gasteiger partial charge in [-0.25, -0.2) is 0 Å². The maximum absolute atomic E-state index is 9.74. The van der Waals surface area contributed by atoms with Gasteiger partial charge in [0.15, 0.2) is 17.3 Å². The fourth-order valence-corrected chi connectivity index (χ4v) is 2.26. The van der Waals surface area contributed by atoms with Crippen LogP contribution in [0.1, 0.15) is 12.5 Å². The Labute approximate surface area is 144 Å². The van der Waals surface area contributed by atoms with E-state index < -0.39 is 0 Å². The van der Waals surface area contributed by atoms with Crippen molar-refractivity contribution in [3.63, 3.8) is 0 Å². The minimum absolute atomic E-state index is 0.0886. The van der Waals surface area contributed by atoms with E-state index in [2.05, 4.69) is 32.9 Å². The van der Waals surface area contributed by atoms with Gasteiger partial charge in [-0.1, -0.05) is 0 Å². The summed E-state index contributed by atoms with van der Waals surface area (Å²) in [5.74, 6) is 1.05.